The second-order valence-corrected chi connectivity index (χ2v) is 7.60. The van der Waals surface area contributed by atoms with Crippen molar-refractivity contribution in [3.05, 3.63) is 54.9 Å². The molecule has 0 radical (unpaired) electrons. The molecule has 0 spiro atoms. The van der Waals surface area contributed by atoms with Crippen LogP contribution in [0.2, 0.25) is 0 Å². The monoisotopic (exact) mass is 480 g/mol. The van der Waals surface area contributed by atoms with Gasteiger partial charge in [0, 0.05) is 22.5 Å². The van der Waals surface area contributed by atoms with Crippen molar-refractivity contribution in [2.45, 2.75) is 25.9 Å². The maximum Gasteiger partial charge on any atom is 0.411 e. The minimum Gasteiger partial charge on any atom is -0.465 e. The number of nitrogens with one attached hydrogen (secondary N) is 5. The normalized spacial score (nSPS) is 12.2. The highest BCUT2D eigenvalue weighted by molar-refractivity contribution is 5.96. The third-order valence-electron chi connectivity index (χ3n) is 4.98. The third kappa shape index (κ3) is 6.57. The van der Waals surface area contributed by atoms with Gasteiger partial charge in [0.1, 0.15) is 12.1 Å². The number of hydrogen-bond acceptors (Lipinski definition) is 7. The van der Waals surface area contributed by atoms with Crippen LogP contribution < -0.4 is 21.3 Å². The minimum atomic E-state index is -1.41. The highest BCUT2D eigenvalue weighted by Crippen LogP contribution is 2.30. The molecular formula is C23H24N6O6. The quantitative estimate of drug-likeness (QED) is 0.254. The number of carboxylic acid groups (broad SMARTS) is 2. The molecule has 0 unspecified atom stereocenters. The van der Waals surface area contributed by atoms with Gasteiger partial charge >= 0.3 is 12.2 Å². The summed E-state index contributed by atoms with van der Waals surface area (Å²) in [5, 5.41) is 26.8. The molecule has 35 heavy (non-hydrogen) atoms. The van der Waals surface area contributed by atoms with Crippen molar-refractivity contribution in [2.75, 3.05) is 10.6 Å². The number of carbonyl (C=O) groups excluding carboxylic acids is 2. The largest absolute Gasteiger partial charge is 0.465 e. The maximum atomic E-state index is 11.8. The van der Waals surface area contributed by atoms with Crippen LogP contribution >= 0.6 is 0 Å². The summed E-state index contributed by atoms with van der Waals surface area (Å²) in [6.07, 6.45) is -1.25. The topological polar surface area (TPSA) is 186 Å². The molecule has 2 aromatic carbocycles. The summed E-state index contributed by atoms with van der Waals surface area (Å²) < 4.78 is 0. The summed E-state index contributed by atoms with van der Waals surface area (Å²) in [5.74, 6) is -1.32. The van der Waals surface area contributed by atoms with Crippen LogP contribution in [0.4, 0.5) is 21.0 Å². The minimum absolute atomic E-state index is 0.635. The van der Waals surface area contributed by atoms with Crippen molar-refractivity contribution in [3.63, 3.8) is 0 Å². The highest BCUT2D eigenvalue weighted by Gasteiger charge is 2.17. The molecule has 0 aliphatic rings. The van der Waals surface area contributed by atoms with Gasteiger partial charge < -0.3 is 25.8 Å². The number of imide groups is 2. The van der Waals surface area contributed by atoms with Crippen LogP contribution in [0.5, 0.6) is 0 Å². The van der Waals surface area contributed by atoms with Crippen LogP contribution in [0.3, 0.4) is 0 Å². The summed E-state index contributed by atoms with van der Waals surface area (Å²) in [7, 11) is 0. The Bertz CT molecular complexity index is 1130. The Kier molecular flexibility index (Phi) is 7.66. The lowest BCUT2D eigenvalue weighted by Gasteiger charge is -2.14. The van der Waals surface area contributed by atoms with E-state index in [2.05, 4.69) is 20.6 Å². The number of imidazole rings is 1. The summed E-state index contributed by atoms with van der Waals surface area (Å²) >= 11 is 0. The molecule has 0 fully saturated rings. The predicted octanol–water partition coefficient (Wildman–Crippen LogP) is 2.93. The Labute approximate surface area is 199 Å². The zero-order valence-electron chi connectivity index (χ0n) is 18.8. The smallest absolute Gasteiger partial charge is 0.411 e. The molecule has 1 heterocycles. The van der Waals surface area contributed by atoms with Crippen molar-refractivity contribution in [2.24, 2.45) is 0 Å². The number of aromatic nitrogens is 2. The van der Waals surface area contributed by atoms with E-state index >= 15 is 0 Å². The van der Waals surface area contributed by atoms with Crippen molar-refractivity contribution in [1.82, 2.24) is 20.6 Å². The van der Waals surface area contributed by atoms with Gasteiger partial charge in [-0.15, -0.1) is 0 Å². The fraction of sp³-hybridized carbons (Fsp3) is 0.174. The second kappa shape index (κ2) is 10.8. The molecule has 0 saturated carbocycles. The number of aromatic amines is 1. The molecule has 0 bridgehead atoms. The Hall–Kier alpha value is -4.87. The van der Waals surface area contributed by atoms with Crippen molar-refractivity contribution in [1.29, 1.82) is 0 Å². The average Bonchev–Trinajstić information content (AvgIpc) is 3.29. The number of H-pyrrole nitrogens is 1. The van der Waals surface area contributed by atoms with Gasteiger partial charge in [0.15, 0.2) is 0 Å². The van der Waals surface area contributed by atoms with Crippen LogP contribution in [0.25, 0.3) is 22.5 Å². The van der Waals surface area contributed by atoms with E-state index in [0.717, 1.165) is 16.8 Å². The fourth-order valence-corrected chi connectivity index (χ4v) is 3.25. The Morgan fingerprint density at radius 2 is 1.17 bits per heavy atom. The van der Waals surface area contributed by atoms with Crippen LogP contribution in [-0.4, -0.2) is 56.3 Å². The van der Waals surface area contributed by atoms with E-state index in [0.29, 0.717) is 17.1 Å². The maximum absolute atomic E-state index is 11.8. The zero-order chi connectivity index (χ0) is 25.5. The number of rotatable bonds is 8. The van der Waals surface area contributed by atoms with E-state index < -0.39 is 36.1 Å². The van der Waals surface area contributed by atoms with E-state index in [1.165, 1.54) is 0 Å². The predicted molar refractivity (Wildman–Crippen MR) is 128 cm³/mol. The first-order valence-electron chi connectivity index (χ1n) is 10.5. The van der Waals surface area contributed by atoms with E-state index in [-0.39, 0.29) is 0 Å². The number of nitrogens with zero attached hydrogens (tertiary/aromatic N) is 1. The van der Waals surface area contributed by atoms with Crippen molar-refractivity contribution < 1.29 is 29.4 Å². The lowest BCUT2D eigenvalue weighted by Crippen LogP contribution is -2.40. The third-order valence-corrected chi connectivity index (χ3v) is 4.98. The first-order chi connectivity index (χ1) is 16.6. The lowest BCUT2D eigenvalue weighted by atomic mass is 10.0. The van der Waals surface area contributed by atoms with Gasteiger partial charge in [0.2, 0.25) is 0 Å². The highest BCUT2D eigenvalue weighted by atomic mass is 16.4. The molecule has 7 N–H and O–H groups in total. The Morgan fingerprint density at radius 3 is 1.60 bits per heavy atom. The Balaban J connectivity index is 1.69. The van der Waals surface area contributed by atoms with E-state index in [1.54, 1.807) is 55.1 Å². The molecule has 182 valence electrons. The van der Waals surface area contributed by atoms with Gasteiger partial charge in [0.25, 0.3) is 11.8 Å². The Morgan fingerprint density at radius 1 is 0.743 bits per heavy atom. The molecule has 12 heteroatoms. The first-order valence-corrected chi connectivity index (χ1v) is 10.5. The van der Waals surface area contributed by atoms with Gasteiger partial charge in [-0.05, 0) is 38.1 Å². The number of hydrogen-bond donors (Lipinski definition) is 7. The summed E-state index contributed by atoms with van der Waals surface area (Å²) in [4.78, 5) is 52.3. The second-order valence-electron chi connectivity index (χ2n) is 7.60. The number of carbonyl (C=O) groups is 4. The summed E-state index contributed by atoms with van der Waals surface area (Å²) in [5.41, 5.74) is 4.39. The first kappa shape index (κ1) is 24.8. The van der Waals surface area contributed by atoms with E-state index in [4.69, 9.17) is 10.2 Å². The summed E-state index contributed by atoms with van der Waals surface area (Å²) in [6, 6.07) is 12.9. The number of benzene rings is 2. The molecule has 0 saturated heterocycles. The number of amides is 4. The standard InChI is InChI=1S/C23H24N6O6/c1-12(20(30)28-22(32)33)26-16-7-3-14(4-8-16)18-19(25-11-24-18)15-5-9-17(10-6-15)27-13(2)21(31)29-23(34)35/h3-13,26-27H,1-2H3,(H,24,25)(H,28,30)(H,29,31)(H,32,33)(H,34,35)/t12-,13-/m0/s1. The molecular weight excluding hydrogens is 456 g/mol. The molecule has 1 aromatic heterocycles. The average molecular weight is 480 g/mol. The van der Waals surface area contributed by atoms with Crippen LogP contribution in [0, 0.1) is 0 Å². The fourth-order valence-electron chi connectivity index (χ4n) is 3.25. The van der Waals surface area contributed by atoms with Gasteiger partial charge in [-0.2, -0.15) is 0 Å². The molecule has 3 rings (SSSR count). The van der Waals surface area contributed by atoms with Crippen LogP contribution in [0.15, 0.2) is 54.9 Å². The van der Waals surface area contributed by atoms with Crippen molar-refractivity contribution >= 4 is 35.4 Å². The lowest BCUT2D eigenvalue weighted by molar-refractivity contribution is -0.121. The van der Waals surface area contributed by atoms with Crippen LogP contribution in [0.1, 0.15) is 13.8 Å². The molecule has 2 atom stereocenters. The van der Waals surface area contributed by atoms with Gasteiger partial charge in [-0.3, -0.25) is 20.2 Å². The SMILES string of the molecule is C[C@H](Nc1ccc(-c2nc[nH]c2-c2ccc(N[C@@H](C)C(=O)NC(=O)O)cc2)cc1)C(=O)NC(=O)O. The van der Waals surface area contributed by atoms with E-state index in [9.17, 15) is 19.2 Å². The molecule has 4 amide bonds. The summed E-state index contributed by atoms with van der Waals surface area (Å²) in [6.45, 7) is 3.10. The van der Waals surface area contributed by atoms with Crippen molar-refractivity contribution in [3.8, 4) is 22.5 Å². The molecule has 0 aliphatic carbocycles. The zero-order valence-corrected chi connectivity index (χ0v) is 18.8. The molecule has 12 nitrogen and oxygen atoms in total. The molecule has 3 aromatic rings. The van der Waals surface area contributed by atoms with Gasteiger partial charge in [-0.25, -0.2) is 14.6 Å². The molecule has 0 aliphatic heterocycles. The van der Waals surface area contributed by atoms with Gasteiger partial charge in [0.05, 0.1) is 17.7 Å². The number of anilines is 2. The van der Waals surface area contributed by atoms with Crippen LogP contribution in [-0.2, 0) is 9.59 Å². The van der Waals surface area contributed by atoms with E-state index in [1.807, 2.05) is 24.3 Å². The van der Waals surface area contributed by atoms with Gasteiger partial charge in [-0.1, -0.05) is 24.3 Å².